The van der Waals surface area contributed by atoms with Gasteiger partial charge in [-0.2, -0.15) is 18.3 Å². The van der Waals surface area contributed by atoms with Gasteiger partial charge in [-0.15, -0.1) is 0 Å². The highest BCUT2D eigenvalue weighted by atomic mass is 19.4. The van der Waals surface area contributed by atoms with E-state index < -0.39 is 11.7 Å². The van der Waals surface area contributed by atoms with Crippen LogP contribution in [0.1, 0.15) is 16.8 Å². The molecule has 22 heavy (non-hydrogen) atoms. The molecule has 1 aromatic carbocycles. The molecule has 114 valence electrons. The van der Waals surface area contributed by atoms with E-state index in [-0.39, 0.29) is 0 Å². The first-order chi connectivity index (χ1) is 10.5. The van der Waals surface area contributed by atoms with Crippen LogP contribution in [0.15, 0.2) is 42.7 Å². The zero-order valence-electron chi connectivity index (χ0n) is 11.5. The summed E-state index contributed by atoms with van der Waals surface area (Å²) in [4.78, 5) is 3.83. The topological polar surface area (TPSA) is 53.6 Å². The molecule has 2 aromatic heterocycles. The number of hydrogen-bond acceptors (Lipinski definition) is 3. The number of H-pyrrole nitrogens is 1. The average molecular weight is 306 g/mol. The van der Waals surface area contributed by atoms with E-state index in [0.29, 0.717) is 18.8 Å². The summed E-state index contributed by atoms with van der Waals surface area (Å²) in [5.74, 6) is 0. The number of benzene rings is 1. The molecule has 0 saturated heterocycles. The van der Waals surface area contributed by atoms with Gasteiger partial charge < -0.3 is 5.32 Å². The Morgan fingerprint density at radius 2 is 1.91 bits per heavy atom. The van der Waals surface area contributed by atoms with Crippen LogP contribution in [-0.2, 0) is 19.3 Å². The first kappa shape index (κ1) is 14.5. The molecule has 2 heterocycles. The Bertz CT molecular complexity index is 762. The maximum Gasteiger partial charge on any atom is 0.417 e. The lowest BCUT2D eigenvalue weighted by molar-refractivity contribution is -0.137. The molecule has 4 nitrogen and oxygen atoms in total. The summed E-state index contributed by atoms with van der Waals surface area (Å²) in [6, 6.07) is 8.26. The number of fused-ring (bicyclic) bond motifs is 1. The van der Waals surface area contributed by atoms with Crippen LogP contribution in [-0.4, -0.2) is 15.2 Å². The lowest BCUT2D eigenvalue weighted by Crippen LogP contribution is -2.14. The second-order valence-corrected chi connectivity index (χ2v) is 4.89. The summed E-state index contributed by atoms with van der Waals surface area (Å²) in [6.07, 6.45) is -1.74. The summed E-state index contributed by atoms with van der Waals surface area (Å²) in [7, 11) is 0. The van der Waals surface area contributed by atoms with E-state index in [9.17, 15) is 13.2 Å². The predicted molar refractivity (Wildman–Crippen MR) is 75.9 cm³/mol. The monoisotopic (exact) mass is 306 g/mol. The molecule has 0 amide bonds. The minimum Gasteiger partial charge on any atom is -0.307 e. The lowest BCUT2D eigenvalue weighted by atomic mass is 10.1. The number of alkyl halides is 3. The summed E-state index contributed by atoms with van der Waals surface area (Å²) in [5, 5.41) is 11.1. The molecule has 0 bridgehead atoms. The Labute approximate surface area is 124 Å². The molecule has 2 N–H and O–H groups in total. The second-order valence-electron chi connectivity index (χ2n) is 4.89. The van der Waals surface area contributed by atoms with Gasteiger partial charge in [-0.1, -0.05) is 12.1 Å². The van der Waals surface area contributed by atoms with Gasteiger partial charge in [0.1, 0.15) is 0 Å². The summed E-state index contributed by atoms with van der Waals surface area (Å²) in [6.45, 7) is 0.978. The van der Waals surface area contributed by atoms with Crippen molar-refractivity contribution in [1.29, 1.82) is 0 Å². The first-order valence-electron chi connectivity index (χ1n) is 6.68. The van der Waals surface area contributed by atoms with Gasteiger partial charge in [-0.05, 0) is 23.8 Å². The van der Waals surface area contributed by atoms with Crippen molar-refractivity contribution in [2.45, 2.75) is 19.3 Å². The van der Waals surface area contributed by atoms with Gasteiger partial charge in [0.05, 0.1) is 23.0 Å². The Morgan fingerprint density at radius 3 is 2.64 bits per heavy atom. The Morgan fingerprint density at radius 1 is 1.05 bits per heavy atom. The van der Waals surface area contributed by atoms with Crippen molar-refractivity contribution >= 4 is 10.9 Å². The average Bonchev–Trinajstić information content (AvgIpc) is 2.96. The van der Waals surface area contributed by atoms with Gasteiger partial charge >= 0.3 is 6.18 Å². The Hall–Kier alpha value is -2.41. The third-order valence-electron chi connectivity index (χ3n) is 3.35. The zero-order valence-corrected chi connectivity index (χ0v) is 11.5. The van der Waals surface area contributed by atoms with Crippen LogP contribution in [0.25, 0.3) is 10.9 Å². The molecule has 0 saturated carbocycles. The first-order valence-corrected chi connectivity index (χ1v) is 6.68. The van der Waals surface area contributed by atoms with E-state index in [0.717, 1.165) is 28.7 Å². The predicted octanol–water partition coefficient (Wildman–Crippen LogP) is 3.27. The SMILES string of the molecule is FC(F)(F)c1ccc(CNCc2cccc3[nH]ncc23)nc1. The maximum absolute atomic E-state index is 12.4. The van der Waals surface area contributed by atoms with Crippen LogP contribution in [0.5, 0.6) is 0 Å². The van der Waals surface area contributed by atoms with Crippen molar-refractivity contribution in [2.24, 2.45) is 0 Å². The Kier molecular flexibility index (Phi) is 3.81. The Balaban J connectivity index is 1.62. The fourth-order valence-corrected chi connectivity index (χ4v) is 2.21. The maximum atomic E-state index is 12.4. The van der Waals surface area contributed by atoms with E-state index in [4.69, 9.17) is 0 Å². The van der Waals surface area contributed by atoms with Crippen LogP contribution >= 0.6 is 0 Å². The zero-order chi connectivity index (χ0) is 15.6. The number of nitrogens with zero attached hydrogens (tertiary/aromatic N) is 2. The van der Waals surface area contributed by atoms with E-state index in [2.05, 4.69) is 20.5 Å². The van der Waals surface area contributed by atoms with Crippen molar-refractivity contribution < 1.29 is 13.2 Å². The highest BCUT2D eigenvalue weighted by Gasteiger charge is 2.30. The molecule has 0 atom stereocenters. The highest BCUT2D eigenvalue weighted by molar-refractivity contribution is 5.81. The van der Waals surface area contributed by atoms with Crippen molar-refractivity contribution in [3.05, 3.63) is 59.5 Å². The minimum atomic E-state index is -4.35. The molecular formula is C15H13F3N4. The molecule has 0 spiro atoms. The van der Waals surface area contributed by atoms with Crippen molar-refractivity contribution in [3.63, 3.8) is 0 Å². The molecule has 3 rings (SSSR count). The molecule has 3 aromatic rings. The third-order valence-corrected chi connectivity index (χ3v) is 3.35. The number of rotatable bonds is 4. The molecule has 7 heteroatoms. The van der Waals surface area contributed by atoms with Crippen LogP contribution in [0.3, 0.4) is 0 Å². The van der Waals surface area contributed by atoms with Crippen LogP contribution in [0.2, 0.25) is 0 Å². The molecule has 0 aliphatic carbocycles. The summed E-state index contributed by atoms with van der Waals surface area (Å²) < 4.78 is 37.3. The number of aromatic amines is 1. The molecular weight excluding hydrogens is 293 g/mol. The van der Waals surface area contributed by atoms with Gasteiger partial charge in [0.25, 0.3) is 0 Å². The van der Waals surface area contributed by atoms with E-state index in [1.54, 1.807) is 6.20 Å². The van der Waals surface area contributed by atoms with Crippen molar-refractivity contribution in [3.8, 4) is 0 Å². The van der Waals surface area contributed by atoms with Crippen LogP contribution in [0.4, 0.5) is 13.2 Å². The molecule has 0 radical (unpaired) electrons. The summed E-state index contributed by atoms with van der Waals surface area (Å²) >= 11 is 0. The number of hydrogen-bond donors (Lipinski definition) is 2. The number of nitrogens with one attached hydrogen (secondary N) is 2. The molecule has 0 fully saturated rings. The van der Waals surface area contributed by atoms with Gasteiger partial charge in [-0.25, -0.2) is 0 Å². The van der Waals surface area contributed by atoms with Gasteiger partial charge in [0, 0.05) is 24.7 Å². The highest BCUT2D eigenvalue weighted by Crippen LogP contribution is 2.28. The standard InChI is InChI=1S/C15H13F3N4/c16-15(17,18)11-4-5-12(20-7-11)8-19-6-10-2-1-3-14-13(10)9-21-22-14/h1-5,7,9,19H,6,8H2,(H,21,22). The minimum absolute atomic E-state index is 0.395. The van der Waals surface area contributed by atoms with Gasteiger partial charge in [0.15, 0.2) is 0 Å². The summed E-state index contributed by atoms with van der Waals surface area (Å²) in [5.41, 5.74) is 1.84. The number of pyridine rings is 1. The molecule has 0 unspecified atom stereocenters. The van der Waals surface area contributed by atoms with Crippen molar-refractivity contribution in [2.75, 3.05) is 0 Å². The molecule has 0 aliphatic heterocycles. The van der Waals surface area contributed by atoms with E-state index in [1.165, 1.54) is 6.07 Å². The van der Waals surface area contributed by atoms with Gasteiger partial charge in [0.2, 0.25) is 0 Å². The normalized spacial score (nSPS) is 12.0. The van der Waals surface area contributed by atoms with Gasteiger partial charge in [-0.3, -0.25) is 10.1 Å². The van der Waals surface area contributed by atoms with Crippen LogP contribution < -0.4 is 5.32 Å². The molecule has 0 aliphatic rings. The smallest absolute Gasteiger partial charge is 0.307 e. The van der Waals surface area contributed by atoms with Crippen LogP contribution in [0, 0.1) is 0 Å². The van der Waals surface area contributed by atoms with E-state index >= 15 is 0 Å². The fourth-order valence-electron chi connectivity index (χ4n) is 2.21. The quantitative estimate of drug-likeness (QED) is 0.778. The second kappa shape index (κ2) is 5.76. The number of aromatic nitrogens is 3. The lowest BCUT2D eigenvalue weighted by Gasteiger charge is -2.08. The van der Waals surface area contributed by atoms with Crippen molar-refractivity contribution in [1.82, 2.24) is 20.5 Å². The largest absolute Gasteiger partial charge is 0.417 e. The third kappa shape index (κ3) is 3.09. The fraction of sp³-hybridized carbons (Fsp3) is 0.200. The van der Waals surface area contributed by atoms with E-state index in [1.807, 2.05) is 18.2 Å². The number of halogens is 3.